The van der Waals surface area contributed by atoms with Crippen molar-refractivity contribution in [3.8, 4) is 6.07 Å². The van der Waals surface area contributed by atoms with Gasteiger partial charge in [-0.3, -0.25) is 4.98 Å². The number of nitriles is 1. The first-order valence-electron chi connectivity index (χ1n) is 8.49. The van der Waals surface area contributed by atoms with Crippen molar-refractivity contribution < 1.29 is 13.9 Å². The van der Waals surface area contributed by atoms with E-state index in [2.05, 4.69) is 32.3 Å². The lowest BCUT2D eigenvalue weighted by Gasteiger charge is -2.38. The minimum absolute atomic E-state index is 0.0602. The molecule has 1 aliphatic rings. The highest BCUT2D eigenvalue weighted by molar-refractivity contribution is 9.10. The molecular formula is C18H19BrFN5O2. The van der Waals surface area contributed by atoms with Crippen LogP contribution in [0.25, 0.3) is 10.9 Å². The molecule has 1 amide bonds. The Kier molecular flexibility index (Phi) is 5.37. The van der Waals surface area contributed by atoms with E-state index < -0.39 is 17.5 Å². The van der Waals surface area contributed by atoms with E-state index in [1.165, 1.54) is 12.3 Å². The molecule has 5 N–H and O–H groups in total. The second kappa shape index (κ2) is 7.56. The predicted molar refractivity (Wildman–Crippen MR) is 103 cm³/mol. The van der Waals surface area contributed by atoms with Crippen LogP contribution >= 0.6 is 15.9 Å². The van der Waals surface area contributed by atoms with Crippen molar-refractivity contribution >= 4 is 44.3 Å². The van der Waals surface area contributed by atoms with Gasteiger partial charge in [0.05, 0.1) is 40.1 Å². The lowest BCUT2D eigenvalue weighted by Crippen LogP contribution is -2.43. The SMILES string of the molecule is N#CCC1(OC(N)=O)CCC(Nc2c(N)cnc3cc(F)c(Br)cc23)CC1. The van der Waals surface area contributed by atoms with E-state index in [0.717, 1.165) is 0 Å². The van der Waals surface area contributed by atoms with Gasteiger partial charge in [-0.1, -0.05) is 0 Å². The van der Waals surface area contributed by atoms with Gasteiger partial charge in [-0.2, -0.15) is 5.26 Å². The standard InChI is InChI=1S/C18H19BrFN5O2/c19-12-7-11-15(8-13(12)20)24-9-14(22)16(11)25-10-1-3-18(4-2-10,5-6-21)27-17(23)26/h7-10H,1-5,22H2,(H2,23,26)(H,24,25). The Balaban J connectivity index is 1.81. The van der Waals surface area contributed by atoms with Crippen molar-refractivity contribution in [1.82, 2.24) is 4.98 Å². The normalized spacial score (nSPS) is 22.2. The first-order valence-corrected chi connectivity index (χ1v) is 9.28. The van der Waals surface area contributed by atoms with Gasteiger partial charge < -0.3 is 21.5 Å². The van der Waals surface area contributed by atoms with Crippen molar-refractivity contribution in [2.45, 2.75) is 43.7 Å². The number of nitrogens with two attached hydrogens (primary N) is 2. The van der Waals surface area contributed by atoms with E-state index >= 15 is 0 Å². The van der Waals surface area contributed by atoms with E-state index in [1.54, 1.807) is 6.07 Å². The number of hydrogen-bond donors (Lipinski definition) is 3. The average Bonchev–Trinajstić information content (AvgIpc) is 2.61. The third-order valence-corrected chi connectivity index (χ3v) is 5.51. The van der Waals surface area contributed by atoms with E-state index in [-0.39, 0.29) is 12.5 Å². The van der Waals surface area contributed by atoms with Gasteiger partial charge in [0, 0.05) is 17.5 Å². The zero-order valence-electron chi connectivity index (χ0n) is 14.5. The molecule has 0 spiro atoms. The van der Waals surface area contributed by atoms with Crippen LogP contribution in [-0.2, 0) is 4.74 Å². The topological polar surface area (TPSA) is 127 Å². The zero-order valence-corrected chi connectivity index (χ0v) is 16.1. The van der Waals surface area contributed by atoms with Gasteiger partial charge in [0.15, 0.2) is 0 Å². The number of halogens is 2. The molecule has 1 aromatic carbocycles. The summed E-state index contributed by atoms with van der Waals surface area (Å²) in [5, 5.41) is 13.2. The molecule has 2 aromatic rings. The van der Waals surface area contributed by atoms with Crippen LogP contribution in [0.4, 0.5) is 20.6 Å². The number of hydrogen-bond acceptors (Lipinski definition) is 6. The van der Waals surface area contributed by atoms with Crippen molar-refractivity contribution in [3.63, 3.8) is 0 Å². The highest BCUT2D eigenvalue weighted by atomic mass is 79.9. The molecule has 0 radical (unpaired) electrons. The van der Waals surface area contributed by atoms with Crippen LogP contribution < -0.4 is 16.8 Å². The first-order chi connectivity index (χ1) is 12.8. The fraction of sp³-hybridized carbons (Fsp3) is 0.389. The molecular weight excluding hydrogens is 417 g/mol. The quantitative estimate of drug-likeness (QED) is 0.669. The maximum Gasteiger partial charge on any atom is 0.405 e. The van der Waals surface area contributed by atoms with Crippen LogP contribution in [0.3, 0.4) is 0 Å². The predicted octanol–water partition coefficient (Wildman–Crippen LogP) is 3.82. The zero-order chi connectivity index (χ0) is 19.6. The number of primary amides is 1. The summed E-state index contributed by atoms with van der Waals surface area (Å²) in [6.45, 7) is 0. The third kappa shape index (κ3) is 4.06. The number of benzene rings is 1. The van der Waals surface area contributed by atoms with Gasteiger partial charge in [-0.25, -0.2) is 9.18 Å². The van der Waals surface area contributed by atoms with Gasteiger partial charge in [0.25, 0.3) is 0 Å². The van der Waals surface area contributed by atoms with Crippen molar-refractivity contribution in [3.05, 3.63) is 28.6 Å². The number of amides is 1. The Morgan fingerprint density at radius 3 is 2.81 bits per heavy atom. The molecule has 1 aliphatic carbocycles. The number of rotatable bonds is 4. The van der Waals surface area contributed by atoms with E-state index in [9.17, 15) is 9.18 Å². The van der Waals surface area contributed by atoms with Gasteiger partial charge in [0.2, 0.25) is 0 Å². The summed E-state index contributed by atoms with van der Waals surface area (Å²) in [6, 6.07) is 5.13. The van der Waals surface area contributed by atoms with Crippen molar-refractivity contribution in [1.29, 1.82) is 5.26 Å². The third-order valence-electron chi connectivity index (χ3n) is 4.90. The van der Waals surface area contributed by atoms with Gasteiger partial charge in [-0.15, -0.1) is 0 Å². The number of carbonyl (C=O) groups is 1. The second-order valence-electron chi connectivity index (χ2n) is 6.73. The van der Waals surface area contributed by atoms with Gasteiger partial charge in [0.1, 0.15) is 11.4 Å². The Morgan fingerprint density at radius 2 is 2.19 bits per heavy atom. The molecule has 0 bridgehead atoms. The highest BCUT2D eigenvalue weighted by Gasteiger charge is 2.38. The van der Waals surface area contributed by atoms with E-state index in [4.69, 9.17) is 21.5 Å². The summed E-state index contributed by atoms with van der Waals surface area (Å²) in [5.74, 6) is -0.395. The Hall–Kier alpha value is -2.60. The Bertz CT molecular complexity index is 922. The van der Waals surface area contributed by atoms with Crippen LogP contribution in [0.15, 0.2) is 22.8 Å². The summed E-state index contributed by atoms with van der Waals surface area (Å²) >= 11 is 3.19. The molecule has 1 fully saturated rings. The largest absolute Gasteiger partial charge is 0.442 e. The minimum atomic E-state index is -0.868. The number of nitrogens with one attached hydrogen (secondary N) is 1. The molecule has 7 nitrogen and oxygen atoms in total. The molecule has 0 unspecified atom stereocenters. The number of fused-ring (bicyclic) bond motifs is 1. The highest BCUT2D eigenvalue weighted by Crippen LogP contribution is 2.38. The maximum atomic E-state index is 13.8. The van der Waals surface area contributed by atoms with Crippen LogP contribution in [0.1, 0.15) is 32.1 Å². The Labute approximate surface area is 164 Å². The summed E-state index contributed by atoms with van der Waals surface area (Å²) in [4.78, 5) is 15.4. The van der Waals surface area contributed by atoms with E-state index in [1.807, 2.05) is 0 Å². The van der Waals surface area contributed by atoms with Gasteiger partial charge in [-0.05, 0) is 47.7 Å². The van der Waals surface area contributed by atoms with Crippen molar-refractivity contribution in [2.75, 3.05) is 11.1 Å². The number of anilines is 2. The number of nitrogens with zero attached hydrogens (tertiary/aromatic N) is 2. The van der Waals surface area contributed by atoms with Crippen LogP contribution in [-0.4, -0.2) is 22.7 Å². The summed E-state index contributed by atoms with van der Waals surface area (Å²) in [5.41, 5.74) is 12.1. The van der Waals surface area contributed by atoms with Crippen LogP contribution in [0.2, 0.25) is 0 Å². The minimum Gasteiger partial charge on any atom is -0.442 e. The average molecular weight is 436 g/mol. The summed E-state index contributed by atoms with van der Waals surface area (Å²) < 4.78 is 19.4. The number of aromatic nitrogens is 1. The number of pyridine rings is 1. The van der Waals surface area contributed by atoms with Crippen LogP contribution in [0.5, 0.6) is 0 Å². The summed E-state index contributed by atoms with van der Waals surface area (Å²) in [6.07, 6.45) is 3.10. The molecule has 142 valence electrons. The number of carbonyl (C=O) groups excluding carboxylic acids is 1. The molecule has 27 heavy (non-hydrogen) atoms. The lowest BCUT2D eigenvalue weighted by atomic mass is 9.80. The fourth-order valence-corrected chi connectivity index (χ4v) is 3.87. The molecule has 0 aliphatic heterocycles. The van der Waals surface area contributed by atoms with Gasteiger partial charge >= 0.3 is 6.09 Å². The molecule has 0 saturated heterocycles. The molecule has 1 saturated carbocycles. The maximum absolute atomic E-state index is 13.8. The smallest absolute Gasteiger partial charge is 0.405 e. The summed E-state index contributed by atoms with van der Waals surface area (Å²) in [7, 11) is 0. The molecule has 3 rings (SSSR count). The lowest BCUT2D eigenvalue weighted by molar-refractivity contribution is -0.0104. The molecule has 9 heteroatoms. The molecule has 1 aromatic heterocycles. The molecule has 1 heterocycles. The number of nitrogen functional groups attached to an aromatic ring is 1. The Morgan fingerprint density at radius 1 is 1.48 bits per heavy atom. The monoisotopic (exact) mass is 435 g/mol. The fourth-order valence-electron chi connectivity index (χ4n) is 3.53. The van der Waals surface area contributed by atoms with Crippen molar-refractivity contribution in [2.24, 2.45) is 5.73 Å². The first kappa shape index (κ1) is 19.2. The molecule has 0 atom stereocenters. The van der Waals surface area contributed by atoms with Crippen LogP contribution in [0, 0.1) is 17.1 Å². The number of ether oxygens (including phenoxy) is 1. The van der Waals surface area contributed by atoms with E-state index in [0.29, 0.717) is 52.4 Å². The second-order valence-corrected chi connectivity index (χ2v) is 7.58.